The number of para-hydroxylation sites is 1. The van der Waals surface area contributed by atoms with Crippen molar-refractivity contribution < 1.29 is 28.7 Å². The number of nitro benzene ring substituents is 1. The highest BCUT2D eigenvalue weighted by molar-refractivity contribution is 6.00. The average Bonchev–Trinajstić information content (AvgIpc) is 2.66. The van der Waals surface area contributed by atoms with Crippen molar-refractivity contribution in [1.29, 1.82) is 0 Å². The number of carbonyl (C=O) groups excluding carboxylic acids is 2. The maximum atomic E-state index is 12.9. The summed E-state index contributed by atoms with van der Waals surface area (Å²) in [7, 11) is 1.47. The zero-order chi connectivity index (χ0) is 22.4. The second-order valence-corrected chi connectivity index (χ2v) is 7.03. The molecule has 2 rings (SSSR count). The Balaban J connectivity index is 2.66. The average molecular weight is 418 g/mol. The number of dihydropyridines is 1. The fourth-order valence-electron chi connectivity index (χ4n) is 3.32. The van der Waals surface area contributed by atoms with Crippen LogP contribution in [0.15, 0.2) is 46.8 Å². The molecule has 1 aliphatic heterocycles. The molecule has 0 fully saturated rings. The SMILES string of the molecule is COCCOC(=O)C1=C(C)NC(C)=C(C(=O)OC(C)C)[C@H]1c1ccccc1[N+](=O)[O-]. The van der Waals surface area contributed by atoms with E-state index in [1.807, 2.05) is 0 Å². The molecule has 1 aromatic carbocycles. The van der Waals surface area contributed by atoms with Crippen LogP contribution in [0.5, 0.6) is 0 Å². The second kappa shape index (κ2) is 10.0. The normalized spacial score (nSPS) is 16.4. The summed E-state index contributed by atoms with van der Waals surface area (Å²) in [6.45, 7) is 6.91. The Morgan fingerprint density at radius 2 is 1.70 bits per heavy atom. The van der Waals surface area contributed by atoms with Crippen LogP contribution in [0.1, 0.15) is 39.2 Å². The van der Waals surface area contributed by atoms with Crippen LogP contribution >= 0.6 is 0 Å². The maximum Gasteiger partial charge on any atom is 0.337 e. The molecule has 162 valence electrons. The maximum absolute atomic E-state index is 12.9. The van der Waals surface area contributed by atoms with Gasteiger partial charge in [-0.15, -0.1) is 0 Å². The predicted octanol–water partition coefficient (Wildman–Crippen LogP) is 2.97. The summed E-state index contributed by atoms with van der Waals surface area (Å²) in [4.78, 5) is 37.0. The van der Waals surface area contributed by atoms with Gasteiger partial charge in [-0.3, -0.25) is 10.1 Å². The van der Waals surface area contributed by atoms with Gasteiger partial charge in [-0.1, -0.05) is 18.2 Å². The van der Waals surface area contributed by atoms with Gasteiger partial charge in [0.2, 0.25) is 0 Å². The molecule has 30 heavy (non-hydrogen) atoms. The van der Waals surface area contributed by atoms with Crippen molar-refractivity contribution in [2.24, 2.45) is 0 Å². The van der Waals surface area contributed by atoms with E-state index < -0.39 is 28.9 Å². The summed E-state index contributed by atoms with van der Waals surface area (Å²) in [5.41, 5.74) is 1.14. The van der Waals surface area contributed by atoms with Gasteiger partial charge in [0.15, 0.2) is 0 Å². The van der Waals surface area contributed by atoms with Gasteiger partial charge in [0.05, 0.1) is 34.7 Å². The molecule has 0 aromatic heterocycles. The van der Waals surface area contributed by atoms with E-state index in [9.17, 15) is 19.7 Å². The highest BCUT2D eigenvalue weighted by Gasteiger charge is 2.41. The van der Waals surface area contributed by atoms with E-state index in [2.05, 4.69) is 5.32 Å². The van der Waals surface area contributed by atoms with E-state index in [-0.39, 0.29) is 35.6 Å². The van der Waals surface area contributed by atoms with Crippen molar-refractivity contribution in [2.45, 2.75) is 39.7 Å². The largest absolute Gasteiger partial charge is 0.460 e. The molecule has 1 aromatic rings. The number of ether oxygens (including phenoxy) is 3. The lowest BCUT2D eigenvalue weighted by atomic mass is 9.79. The van der Waals surface area contributed by atoms with E-state index in [4.69, 9.17) is 14.2 Å². The Bertz CT molecular complexity index is 902. The van der Waals surface area contributed by atoms with Gasteiger partial charge in [0.25, 0.3) is 5.69 Å². The first-order chi connectivity index (χ1) is 14.2. The number of benzene rings is 1. The Morgan fingerprint density at radius 1 is 1.10 bits per heavy atom. The van der Waals surface area contributed by atoms with Gasteiger partial charge in [0, 0.05) is 30.1 Å². The molecular weight excluding hydrogens is 392 g/mol. The van der Waals surface area contributed by atoms with Crippen LogP contribution in [0, 0.1) is 10.1 Å². The summed E-state index contributed by atoms with van der Waals surface area (Å²) >= 11 is 0. The molecule has 9 nitrogen and oxygen atoms in total. The molecule has 0 unspecified atom stereocenters. The quantitative estimate of drug-likeness (QED) is 0.296. The number of allylic oxidation sites excluding steroid dienone is 2. The Hall–Kier alpha value is -3.20. The Morgan fingerprint density at radius 3 is 2.27 bits per heavy atom. The molecule has 1 heterocycles. The standard InChI is InChI=1S/C21H26N2O7/c1-12(2)30-21(25)18-14(4)22-13(3)17(20(24)29-11-10-28-5)19(18)15-8-6-7-9-16(15)23(26)27/h6-9,12,19,22H,10-11H2,1-5H3/t19-/m0/s1. The van der Waals surface area contributed by atoms with Crippen LogP contribution in [0.25, 0.3) is 0 Å². The van der Waals surface area contributed by atoms with Crippen LogP contribution < -0.4 is 5.32 Å². The van der Waals surface area contributed by atoms with Crippen molar-refractivity contribution in [3.05, 3.63) is 62.5 Å². The highest BCUT2D eigenvalue weighted by Crippen LogP contribution is 2.42. The summed E-state index contributed by atoms with van der Waals surface area (Å²) in [5.74, 6) is -2.37. The number of nitrogens with one attached hydrogen (secondary N) is 1. The lowest BCUT2D eigenvalue weighted by Crippen LogP contribution is -2.33. The molecule has 0 radical (unpaired) electrons. The highest BCUT2D eigenvalue weighted by atomic mass is 16.6. The number of rotatable bonds is 8. The van der Waals surface area contributed by atoms with Crippen LogP contribution in [0.3, 0.4) is 0 Å². The number of methoxy groups -OCH3 is 1. The molecule has 0 bridgehead atoms. The van der Waals surface area contributed by atoms with Crippen molar-refractivity contribution in [2.75, 3.05) is 20.3 Å². The molecule has 0 saturated heterocycles. The predicted molar refractivity (Wildman–Crippen MR) is 108 cm³/mol. The molecule has 0 saturated carbocycles. The smallest absolute Gasteiger partial charge is 0.337 e. The number of hydrogen-bond donors (Lipinski definition) is 1. The molecule has 1 aliphatic rings. The molecule has 1 atom stereocenters. The van der Waals surface area contributed by atoms with E-state index >= 15 is 0 Å². The Kier molecular flexibility index (Phi) is 7.71. The van der Waals surface area contributed by atoms with Crippen molar-refractivity contribution in [1.82, 2.24) is 5.32 Å². The van der Waals surface area contributed by atoms with Crippen LogP contribution in [0.2, 0.25) is 0 Å². The van der Waals surface area contributed by atoms with E-state index in [0.717, 1.165) is 0 Å². The summed E-state index contributed by atoms with van der Waals surface area (Å²) in [6.07, 6.45) is -0.409. The number of nitrogens with zero attached hydrogens (tertiary/aromatic N) is 1. The van der Waals surface area contributed by atoms with Gasteiger partial charge >= 0.3 is 11.9 Å². The van der Waals surface area contributed by atoms with Crippen LogP contribution in [-0.4, -0.2) is 43.3 Å². The van der Waals surface area contributed by atoms with Gasteiger partial charge in [-0.2, -0.15) is 0 Å². The Labute approximate surface area is 174 Å². The number of nitro groups is 1. The molecule has 0 aliphatic carbocycles. The molecule has 0 spiro atoms. The zero-order valence-electron chi connectivity index (χ0n) is 17.7. The van der Waals surface area contributed by atoms with E-state index in [1.54, 1.807) is 33.8 Å². The van der Waals surface area contributed by atoms with Crippen LogP contribution in [0.4, 0.5) is 5.69 Å². The van der Waals surface area contributed by atoms with Crippen molar-refractivity contribution in [3.63, 3.8) is 0 Å². The first-order valence-electron chi connectivity index (χ1n) is 9.47. The summed E-state index contributed by atoms with van der Waals surface area (Å²) in [5, 5.41) is 14.7. The molecule has 0 amide bonds. The van der Waals surface area contributed by atoms with E-state index in [0.29, 0.717) is 11.4 Å². The van der Waals surface area contributed by atoms with Crippen LogP contribution in [-0.2, 0) is 23.8 Å². The monoisotopic (exact) mass is 418 g/mol. The lowest BCUT2D eigenvalue weighted by Gasteiger charge is -2.30. The first kappa shape index (κ1) is 23.1. The molecule has 1 N–H and O–H groups in total. The number of hydrogen-bond acceptors (Lipinski definition) is 8. The molecular formula is C21H26N2O7. The third-order valence-electron chi connectivity index (χ3n) is 4.51. The third-order valence-corrected chi connectivity index (χ3v) is 4.51. The minimum absolute atomic E-state index is 0.00415. The number of carbonyl (C=O) groups is 2. The van der Waals surface area contributed by atoms with Gasteiger partial charge in [-0.25, -0.2) is 9.59 Å². The summed E-state index contributed by atoms with van der Waals surface area (Å²) in [6, 6.07) is 6.01. The minimum Gasteiger partial charge on any atom is -0.460 e. The van der Waals surface area contributed by atoms with Gasteiger partial charge in [-0.05, 0) is 27.7 Å². The fourth-order valence-corrected chi connectivity index (χ4v) is 3.32. The minimum atomic E-state index is -1.02. The first-order valence-corrected chi connectivity index (χ1v) is 9.47. The van der Waals surface area contributed by atoms with E-state index in [1.165, 1.54) is 25.3 Å². The topological polar surface area (TPSA) is 117 Å². The van der Waals surface area contributed by atoms with Gasteiger partial charge in [0.1, 0.15) is 6.61 Å². The van der Waals surface area contributed by atoms with Gasteiger partial charge < -0.3 is 19.5 Å². The lowest BCUT2D eigenvalue weighted by molar-refractivity contribution is -0.385. The third kappa shape index (κ3) is 5.04. The molecule has 9 heteroatoms. The zero-order valence-corrected chi connectivity index (χ0v) is 17.7. The van der Waals surface area contributed by atoms with Crippen molar-refractivity contribution >= 4 is 17.6 Å². The number of esters is 2. The summed E-state index contributed by atoms with van der Waals surface area (Å²) < 4.78 is 15.6. The fraction of sp³-hybridized carbons (Fsp3) is 0.429. The van der Waals surface area contributed by atoms with Crippen molar-refractivity contribution in [3.8, 4) is 0 Å². The second-order valence-electron chi connectivity index (χ2n) is 7.03.